The molecule has 106 valence electrons. The quantitative estimate of drug-likeness (QED) is 0.772. The highest BCUT2D eigenvalue weighted by atomic mass is 19.1. The second kappa shape index (κ2) is 5.28. The maximum atomic E-state index is 13.4. The van der Waals surface area contributed by atoms with Crippen LogP contribution >= 0.6 is 0 Å². The van der Waals surface area contributed by atoms with Gasteiger partial charge in [0.05, 0.1) is 18.2 Å². The molecule has 0 saturated heterocycles. The molecule has 21 heavy (non-hydrogen) atoms. The summed E-state index contributed by atoms with van der Waals surface area (Å²) in [5.74, 6) is -0.649. The first-order valence-electron chi connectivity index (χ1n) is 6.40. The van der Waals surface area contributed by atoms with Crippen molar-refractivity contribution in [3.05, 3.63) is 60.0 Å². The molecule has 3 rings (SSSR count). The lowest BCUT2D eigenvalue weighted by atomic mass is 10.1. The van der Waals surface area contributed by atoms with Gasteiger partial charge in [0.15, 0.2) is 11.6 Å². The molecule has 0 fully saturated rings. The Morgan fingerprint density at radius 2 is 2.10 bits per heavy atom. The molecule has 3 aromatic rings. The number of hydrogen-bond acceptors (Lipinski definition) is 2. The van der Waals surface area contributed by atoms with Crippen molar-refractivity contribution < 1.29 is 13.9 Å². The molecule has 0 spiro atoms. The van der Waals surface area contributed by atoms with Crippen LogP contribution in [0.4, 0.5) is 10.1 Å². The fourth-order valence-corrected chi connectivity index (χ4v) is 2.21. The molecule has 2 N–H and O–H groups in total. The average molecular weight is 284 g/mol. The number of methoxy groups -OCH3 is 1. The molecule has 1 heterocycles. The Labute approximate surface area is 120 Å². The predicted molar refractivity (Wildman–Crippen MR) is 79.2 cm³/mol. The first-order valence-corrected chi connectivity index (χ1v) is 6.40. The van der Waals surface area contributed by atoms with E-state index >= 15 is 0 Å². The van der Waals surface area contributed by atoms with E-state index in [9.17, 15) is 9.18 Å². The number of halogens is 1. The van der Waals surface area contributed by atoms with Crippen LogP contribution in [0.25, 0.3) is 10.9 Å². The lowest BCUT2D eigenvalue weighted by molar-refractivity contribution is 0.102. The molecule has 0 atom stereocenters. The Balaban J connectivity index is 1.91. The summed E-state index contributed by atoms with van der Waals surface area (Å²) >= 11 is 0. The van der Waals surface area contributed by atoms with Crippen LogP contribution in [0.5, 0.6) is 5.75 Å². The normalized spacial score (nSPS) is 10.6. The van der Waals surface area contributed by atoms with Crippen LogP contribution in [0.3, 0.4) is 0 Å². The molecule has 2 aromatic carbocycles. The molecular formula is C16H13FN2O2. The smallest absolute Gasteiger partial charge is 0.257 e. The third kappa shape index (κ3) is 2.45. The summed E-state index contributed by atoms with van der Waals surface area (Å²) < 4.78 is 18.3. The number of H-pyrrole nitrogens is 1. The number of carbonyl (C=O) groups is 1. The van der Waals surface area contributed by atoms with Crippen molar-refractivity contribution >= 4 is 22.5 Å². The maximum absolute atomic E-state index is 13.4. The van der Waals surface area contributed by atoms with E-state index < -0.39 is 5.82 Å². The Kier molecular flexibility index (Phi) is 3.31. The molecule has 0 saturated carbocycles. The van der Waals surface area contributed by atoms with Crippen LogP contribution in [-0.4, -0.2) is 18.0 Å². The van der Waals surface area contributed by atoms with Gasteiger partial charge in [-0.2, -0.15) is 0 Å². The number of rotatable bonds is 3. The number of para-hydroxylation sites is 1. The van der Waals surface area contributed by atoms with Gasteiger partial charge in [-0.15, -0.1) is 0 Å². The van der Waals surface area contributed by atoms with E-state index in [1.807, 2.05) is 18.2 Å². The third-order valence-corrected chi connectivity index (χ3v) is 3.24. The number of amides is 1. The van der Waals surface area contributed by atoms with Gasteiger partial charge >= 0.3 is 0 Å². The molecule has 4 nitrogen and oxygen atoms in total. The minimum Gasteiger partial charge on any atom is -0.494 e. The fourth-order valence-electron chi connectivity index (χ4n) is 2.21. The lowest BCUT2D eigenvalue weighted by Gasteiger charge is -2.08. The zero-order valence-electron chi connectivity index (χ0n) is 11.3. The Morgan fingerprint density at radius 3 is 2.90 bits per heavy atom. The number of benzene rings is 2. The number of nitrogens with one attached hydrogen (secondary N) is 2. The summed E-state index contributed by atoms with van der Waals surface area (Å²) in [6, 6.07) is 11.6. The number of aromatic amines is 1. The summed E-state index contributed by atoms with van der Waals surface area (Å²) in [7, 11) is 1.38. The molecular weight excluding hydrogens is 271 g/mol. The summed E-state index contributed by atoms with van der Waals surface area (Å²) in [6.07, 6.45) is 1.78. The standard InChI is InChI=1S/C16H13FN2O2/c1-21-14-9-11(5-6-13(14)17)19-16(20)12-4-2-3-10-7-8-18-15(10)12/h2-9,18H,1H3,(H,19,20). The van der Waals surface area contributed by atoms with Crippen LogP contribution in [0.1, 0.15) is 10.4 Å². The second-order valence-corrected chi connectivity index (χ2v) is 4.55. The minimum atomic E-state index is -0.470. The summed E-state index contributed by atoms with van der Waals surface area (Å²) in [5, 5.41) is 3.69. The van der Waals surface area contributed by atoms with E-state index in [-0.39, 0.29) is 11.7 Å². The van der Waals surface area contributed by atoms with Gasteiger partial charge in [0.2, 0.25) is 0 Å². The van der Waals surface area contributed by atoms with E-state index in [1.54, 1.807) is 12.3 Å². The molecule has 1 aromatic heterocycles. The van der Waals surface area contributed by atoms with Crippen molar-refractivity contribution in [2.45, 2.75) is 0 Å². The summed E-state index contributed by atoms with van der Waals surface area (Å²) in [5.41, 5.74) is 1.77. The summed E-state index contributed by atoms with van der Waals surface area (Å²) in [6.45, 7) is 0. The molecule has 0 bridgehead atoms. The Hall–Kier alpha value is -2.82. The number of ether oxygens (including phenoxy) is 1. The highest BCUT2D eigenvalue weighted by Crippen LogP contribution is 2.23. The van der Waals surface area contributed by atoms with E-state index in [0.29, 0.717) is 11.3 Å². The monoisotopic (exact) mass is 284 g/mol. The zero-order chi connectivity index (χ0) is 14.8. The van der Waals surface area contributed by atoms with Crippen molar-refractivity contribution in [3.63, 3.8) is 0 Å². The molecule has 0 radical (unpaired) electrons. The van der Waals surface area contributed by atoms with Crippen molar-refractivity contribution in [2.75, 3.05) is 12.4 Å². The molecule has 0 aliphatic heterocycles. The first kappa shape index (κ1) is 13.2. The SMILES string of the molecule is COc1cc(NC(=O)c2cccc3cc[nH]c23)ccc1F. The van der Waals surface area contributed by atoms with Crippen molar-refractivity contribution in [1.29, 1.82) is 0 Å². The number of fused-ring (bicyclic) bond motifs is 1. The Bertz CT molecular complexity index is 811. The van der Waals surface area contributed by atoms with Gasteiger partial charge in [0.25, 0.3) is 5.91 Å². The highest BCUT2D eigenvalue weighted by Gasteiger charge is 2.12. The average Bonchev–Trinajstić information content (AvgIpc) is 2.97. The van der Waals surface area contributed by atoms with Gasteiger partial charge in [0, 0.05) is 23.3 Å². The van der Waals surface area contributed by atoms with Gasteiger partial charge in [-0.3, -0.25) is 4.79 Å². The van der Waals surface area contributed by atoms with Gasteiger partial charge in [0.1, 0.15) is 0 Å². The lowest BCUT2D eigenvalue weighted by Crippen LogP contribution is -2.12. The second-order valence-electron chi connectivity index (χ2n) is 4.55. The first-order chi connectivity index (χ1) is 10.2. The van der Waals surface area contributed by atoms with Crippen LogP contribution in [-0.2, 0) is 0 Å². The van der Waals surface area contributed by atoms with Crippen LogP contribution in [0, 0.1) is 5.82 Å². The van der Waals surface area contributed by atoms with Crippen LogP contribution in [0.15, 0.2) is 48.7 Å². The topological polar surface area (TPSA) is 54.1 Å². The third-order valence-electron chi connectivity index (χ3n) is 3.24. The van der Waals surface area contributed by atoms with E-state index in [2.05, 4.69) is 10.3 Å². The van der Waals surface area contributed by atoms with Crippen LogP contribution < -0.4 is 10.1 Å². The predicted octanol–water partition coefficient (Wildman–Crippen LogP) is 3.57. The molecule has 0 aliphatic carbocycles. The minimum absolute atomic E-state index is 0.0888. The van der Waals surface area contributed by atoms with Gasteiger partial charge in [-0.05, 0) is 24.3 Å². The highest BCUT2D eigenvalue weighted by molar-refractivity contribution is 6.12. The Morgan fingerprint density at radius 1 is 1.24 bits per heavy atom. The molecule has 1 amide bonds. The van der Waals surface area contributed by atoms with Gasteiger partial charge in [-0.1, -0.05) is 12.1 Å². The van der Waals surface area contributed by atoms with E-state index in [1.165, 1.54) is 25.3 Å². The van der Waals surface area contributed by atoms with Gasteiger partial charge in [-0.25, -0.2) is 4.39 Å². The maximum Gasteiger partial charge on any atom is 0.257 e. The number of carbonyl (C=O) groups excluding carboxylic acids is 1. The van der Waals surface area contributed by atoms with Crippen molar-refractivity contribution in [1.82, 2.24) is 4.98 Å². The van der Waals surface area contributed by atoms with E-state index in [0.717, 1.165) is 10.9 Å². The molecule has 0 aliphatic rings. The van der Waals surface area contributed by atoms with Crippen molar-refractivity contribution in [3.8, 4) is 5.75 Å². The van der Waals surface area contributed by atoms with Crippen molar-refractivity contribution in [2.24, 2.45) is 0 Å². The summed E-state index contributed by atoms with van der Waals surface area (Å²) in [4.78, 5) is 15.4. The molecule has 5 heteroatoms. The number of anilines is 1. The fraction of sp³-hybridized carbons (Fsp3) is 0.0625. The largest absolute Gasteiger partial charge is 0.494 e. The zero-order valence-corrected chi connectivity index (χ0v) is 11.3. The van der Waals surface area contributed by atoms with E-state index in [4.69, 9.17) is 4.74 Å². The molecule has 0 unspecified atom stereocenters. The number of hydrogen-bond donors (Lipinski definition) is 2. The number of aromatic nitrogens is 1. The van der Waals surface area contributed by atoms with Gasteiger partial charge < -0.3 is 15.0 Å². The van der Waals surface area contributed by atoms with Crippen LogP contribution in [0.2, 0.25) is 0 Å².